The zero-order chi connectivity index (χ0) is 14.7. The molecule has 5 heteroatoms. The lowest BCUT2D eigenvalue weighted by Crippen LogP contribution is -2.12. The van der Waals surface area contributed by atoms with E-state index in [0.29, 0.717) is 0 Å². The third kappa shape index (κ3) is 3.62. The molecule has 0 radical (unpaired) electrons. The Kier molecular flexibility index (Phi) is 4.22. The molecule has 0 aliphatic rings. The van der Waals surface area contributed by atoms with Crippen LogP contribution >= 0.6 is 27.3 Å². The Morgan fingerprint density at radius 1 is 1.14 bits per heavy atom. The van der Waals surface area contributed by atoms with Gasteiger partial charge in [0.15, 0.2) is 0 Å². The predicted octanol–water partition coefficient (Wildman–Crippen LogP) is 5.41. The zero-order valence-corrected chi connectivity index (χ0v) is 13.4. The van der Waals surface area contributed by atoms with Crippen molar-refractivity contribution in [3.63, 3.8) is 0 Å². The summed E-state index contributed by atoms with van der Waals surface area (Å²) in [6.07, 6.45) is -0.440. The van der Waals surface area contributed by atoms with E-state index >= 15 is 0 Å². The van der Waals surface area contributed by atoms with Gasteiger partial charge in [-0.25, -0.2) is 4.79 Å². The van der Waals surface area contributed by atoms with E-state index in [4.69, 9.17) is 4.74 Å². The number of thiophene rings is 1. The molecule has 3 aromatic rings. The van der Waals surface area contributed by atoms with Crippen molar-refractivity contribution in [1.82, 2.24) is 0 Å². The van der Waals surface area contributed by atoms with Crippen molar-refractivity contribution in [3.05, 3.63) is 64.6 Å². The summed E-state index contributed by atoms with van der Waals surface area (Å²) in [5, 5.41) is 4.64. The maximum atomic E-state index is 11.8. The van der Waals surface area contributed by atoms with Crippen molar-refractivity contribution in [2.75, 3.05) is 5.32 Å². The van der Waals surface area contributed by atoms with Gasteiger partial charge in [-0.1, -0.05) is 52.3 Å². The molecular weight excluding hydrogens is 350 g/mol. The number of carbonyl (C=O) groups is 1. The minimum Gasteiger partial charge on any atom is -0.444 e. The maximum absolute atomic E-state index is 11.8. The Balaban J connectivity index is 1.63. The van der Waals surface area contributed by atoms with Crippen molar-refractivity contribution in [2.45, 2.75) is 6.61 Å². The van der Waals surface area contributed by atoms with E-state index in [2.05, 4.69) is 21.2 Å². The second kappa shape index (κ2) is 6.28. The van der Waals surface area contributed by atoms with Gasteiger partial charge in [-0.3, -0.25) is 5.32 Å². The van der Waals surface area contributed by atoms with Crippen LogP contribution in [0.3, 0.4) is 0 Å². The van der Waals surface area contributed by atoms with Crippen LogP contribution in [0.25, 0.3) is 10.1 Å². The van der Waals surface area contributed by atoms with Gasteiger partial charge in [-0.15, -0.1) is 11.3 Å². The molecule has 21 heavy (non-hydrogen) atoms. The quantitative estimate of drug-likeness (QED) is 0.676. The number of fused-ring (bicyclic) bond motifs is 1. The molecule has 1 N–H and O–H groups in total. The molecule has 1 aromatic heterocycles. The fourth-order valence-electron chi connectivity index (χ4n) is 1.93. The van der Waals surface area contributed by atoms with Crippen molar-refractivity contribution in [2.24, 2.45) is 0 Å². The van der Waals surface area contributed by atoms with Gasteiger partial charge in [0.25, 0.3) is 0 Å². The Bertz CT molecular complexity index is 770. The van der Waals surface area contributed by atoms with E-state index in [0.717, 1.165) is 25.1 Å². The van der Waals surface area contributed by atoms with E-state index in [1.54, 1.807) is 0 Å². The predicted molar refractivity (Wildman–Crippen MR) is 89.8 cm³/mol. The maximum Gasteiger partial charge on any atom is 0.412 e. The largest absolute Gasteiger partial charge is 0.444 e. The highest BCUT2D eigenvalue weighted by molar-refractivity contribution is 9.10. The van der Waals surface area contributed by atoms with Crippen LogP contribution in [0.15, 0.2) is 59.1 Å². The monoisotopic (exact) mass is 361 g/mol. The van der Waals surface area contributed by atoms with E-state index in [-0.39, 0.29) is 6.61 Å². The number of anilines is 1. The number of carbonyl (C=O) groups excluding carboxylic acids is 1. The molecule has 0 saturated carbocycles. The highest BCUT2D eigenvalue weighted by atomic mass is 79.9. The molecule has 1 amide bonds. The molecule has 0 unspecified atom stereocenters. The van der Waals surface area contributed by atoms with Crippen LogP contribution in [0.2, 0.25) is 0 Å². The standard InChI is InChI=1S/C16H12BrNO2S/c17-13-7-6-12-8-15(21-14(12)9-13)18-16(19)20-10-11-4-2-1-3-5-11/h1-9H,10H2,(H,18,19). The number of ether oxygens (including phenoxy) is 1. The Hall–Kier alpha value is -1.85. The molecule has 0 aliphatic heterocycles. The van der Waals surface area contributed by atoms with Crippen LogP contribution in [0, 0.1) is 0 Å². The third-order valence-electron chi connectivity index (χ3n) is 2.92. The van der Waals surface area contributed by atoms with Crippen LogP contribution in [0.5, 0.6) is 0 Å². The van der Waals surface area contributed by atoms with Crippen molar-refractivity contribution >= 4 is 48.4 Å². The Morgan fingerprint density at radius 2 is 1.95 bits per heavy atom. The lowest BCUT2D eigenvalue weighted by molar-refractivity contribution is 0.155. The van der Waals surface area contributed by atoms with Gasteiger partial charge < -0.3 is 4.74 Å². The SMILES string of the molecule is O=C(Nc1cc2ccc(Br)cc2s1)OCc1ccccc1. The summed E-state index contributed by atoms with van der Waals surface area (Å²) in [5.74, 6) is 0. The highest BCUT2D eigenvalue weighted by Crippen LogP contribution is 2.31. The lowest BCUT2D eigenvalue weighted by atomic mass is 10.2. The fourth-order valence-corrected chi connectivity index (χ4v) is 3.43. The van der Waals surface area contributed by atoms with Crippen LogP contribution in [-0.2, 0) is 11.3 Å². The molecule has 3 rings (SSSR count). The highest BCUT2D eigenvalue weighted by Gasteiger charge is 2.07. The van der Waals surface area contributed by atoms with Gasteiger partial charge in [0, 0.05) is 9.17 Å². The first-order valence-corrected chi connectivity index (χ1v) is 7.98. The van der Waals surface area contributed by atoms with Crippen molar-refractivity contribution in [3.8, 4) is 0 Å². The molecule has 0 aliphatic carbocycles. The molecule has 0 fully saturated rings. The molecule has 106 valence electrons. The number of amides is 1. The zero-order valence-electron chi connectivity index (χ0n) is 11.0. The van der Waals surface area contributed by atoms with E-state index in [1.165, 1.54) is 11.3 Å². The number of hydrogen-bond acceptors (Lipinski definition) is 3. The van der Waals surface area contributed by atoms with E-state index in [9.17, 15) is 4.79 Å². The normalized spacial score (nSPS) is 10.5. The topological polar surface area (TPSA) is 38.3 Å². The smallest absolute Gasteiger partial charge is 0.412 e. The van der Waals surface area contributed by atoms with Gasteiger partial charge >= 0.3 is 6.09 Å². The minimum atomic E-state index is -0.440. The average molecular weight is 362 g/mol. The van der Waals surface area contributed by atoms with Gasteiger partial charge in [-0.2, -0.15) is 0 Å². The van der Waals surface area contributed by atoms with Gasteiger partial charge in [0.05, 0.1) is 5.00 Å². The Labute approximate surface area is 134 Å². The molecule has 3 nitrogen and oxygen atoms in total. The summed E-state index contributed by atoms with van der Waals surface area (Å²) in [6.45, 7) is 0.267. The molecule has 1 heterocycles. The summed E-state index contributed by atoms with van der Waals surface area (Å²) in [7, 11) is 0. The van der Waals surface area contributed by atoms with Crippen LogP contribution in [0.4, 0.5) is 9.80 Å². The second-order valence-corrected chi connectivity index (χ2v) is 6.48. The summed E-state index contributed by atoms with van der Waals surface area (Å²) < 4.78 is 7.34. The van der Waals surface area contributed by atoms with Crippen LogP contribution in [-0.4, -0.2) is 6.09 Å². The molecule has 0 saturated heterocycles. The lowest BCUT2D eigenvalue weighted by Gasteiger charge is -2.05. The van der Waals surface area contributed by atoms with Crippen LogP contribution < -0.4 is 5.32 Å². The third-order valence-corrected chi connectivity index (χ3v) is 4.43. The summed E-state index contributed by atoms with van der Waals surface area (Å²) >= 11 is 4.96. The molecule has 2 aromatic carbocycles. The number of benzene rings is 2. The van der Waals surface area contributed by atoms with Gasteiger partial charge in [0.2, 0.25) is 0 Å². The second-order valence-electron chi connectivity index (χ2n) is 4.48. The first-order valence-electron chi connectivity index (χ1n) is 6.37. The van der Waals surface area contributed by atoms with E-state index in [1.807, 2.05) is 54.6 Å². The molecule has 0 bridgehead atoms. The summed E-state index contributed by atoms with van der Waals surface area (Å²) in [5.41, 5.74) is 0.966. The fraction of sp³-hybridized carbons (Fsp3) is 0.0625. The van der Waals surface area contributed by atoms with Crippen molar-refractivity contribution < 1.29 is 9.53 Å². The number of rotatable bonds is 3. The molecule has 0 spiro atoms. The van der Waals surface area contributed by atoms with Crippen molar-refractivity contribution in [1.29, 1.82) is 0 Å². The number of nitrogens with one attached hydrogen (secondary N) is 1. The van der Waals surface area contributed by atoms with Crippen LogP contribution in [0.1, 0.15) is 5.56 Å². The van der Waals surface area contributed by atoms with E-state index < -0.39 is 6.09 Å². The minimum absolute atomic E-state index is 0.267. The summed E-state index contributed by atoms with van der Waals surface area (Å²) in [4.78, 5) is 11.8. The molecular formula is C16H12BrNO2S. The first kappa shape index (κ1) is 14.1. The first-order chi connectivity index (χ1) is 10.2. The Morgan fingerprint density at radius 3 is 2.76 bits per heavy atom. The average Bonchev–Trinajstić information content (AvgIpc) is 2.87. The number of halogens is 1. The summed E-state index contributed by atoms with van der Waals surface area (Å²) in [6, 6.07) is 17.6. The van der Waals surface area contributed by atoms with Gasteiger partial charge in [-0.05, 0) is 29.1 Å². The number of hydrogen-bond donors (Lipinski definition) is 1. The molecule has 0 atom stereocenters. The van der Waals surface area contributed by atoms with Gasteiger partial charge in [0.1, 0.15) is 6.61 Å².